The smallest absolute Gasteiger partial charge is 0.214 e. The summed E-state index contributed by atoms with van der Waals surface area (Å²) in [6.45, 7) is 1.12. The average molecular weight is 192 g/mol. The lowest BCUT2D eigenvalue weighted by molar-refractivity contribution is 0.0118. The van der Waals surface area contributed by atoms with Crippen LogP contribution in [-0.4, -0.2) is 29.7 Å². The minimum Gasteiger partial charge on any atom is -0.458 e. The van der Waals surface area contributed by atoms with Crippen molar-refractivity contribution in [2.24, 2.45) is 0 Å². The molecule has 0 aromatic carbocycles. The maximum Gasteiger partial charge on any atom is 0.214 e. The second-order valence-electron chi connectivity index (χ2n) is 3.72. The van der Waals surface area contributed by atoms with Crippen molar-refractivity contribution in [3.05, 3.63) is 24.4 Å². The molecule has 1 aromatic rings. The molecule has 1 saturated heterocycles. The molecule has 0 spiro atoms. The molecule has 2 heterocycles. The summed E-state index contributed by atoms with van der Waals surface area (Å²) in [5.74, 6) is 0.728. The van der Waals surface area contributed by atoms with Crippen LogP contribution in [-0.2, 0) is 0 Å². The third kappa shape index (κ3) is 2.23. The molecule has 0 amide bonds. The Kier molecular flexibility index (Phi) is 2.99. The van der Waals surface area contributed by atoms with Crippen molar-refractivity contribution in [1.82, 2.24) is 9.88 Å². The van der Waals surface area contributed by atoms with Crippen LogP contribution in [0.4, 0.5) is 0 Å². The second-order valence-corrected chi connectivity index (χ2v) is 3.72. The van der Waals surface area contributed by atoms with Crippen molar-refractivity contribution in [1.29, 1.82) is 0 Å². The van der Waals surface area contributed by atoms with Gasteiger partial charge in [0.1, 0.15) is 0 Å². The topological polar surface area (TPSA) is 25.4 Å². The number of nitrogens with zero attached hydrogens (tertiary/aromatic N) is 2. The predicted molar refractivity (Wildman–Crippen MR) is 55.1 cm³/mol. The molecule has 1 unspecified atom stereocenters. The Balaban J connectivity index is 1.96. The van der Waals surface area contributed by atoms with Crippen LogP contribution in [0.2, 0.25) is 0 Å². The maximum absolute atomic E-state index is 5.78. The molecule has 0 bridgehead atoms. The fraction of sp³-hybridized carbons (Fsp3) is 0.545. The molecular weight excluding hydrogens is 176 g/mol. The minimum absolute atomic E-state index is 0.207. The van der Waals surface area contributed by atoms with Gasteiger partial charge in [-0.1, -0.05) is 6.07 Å². The molecule has 0 N–H and O–H groups in total. The molecule has 3 heteroatoms. The van der Waals surface area contributed by atoms with Gasteiger partial charge in [0, 0.05) is 18.8 Å². The van der Waals surface area contributed by atoms with E-state index in [0.29, 0.717) is 0 Å². The van der Waals surface area contributed by atoms with Crippen LogP contribution in [0.1, 0.15) is 19.3 Å². The van der Waals surface area contributed by atoms with Gasteiger partial charge in [-0.05, 0) is 32.4 Å². The largest absolute Gasteiger partial charge is 0.458 e. The van der Waals surface area contributed by atoms with Crippen LogP contribution in [0.25, 0.3) is 0 Å². The first-order valence-corrected chi connectivity index (χ1v) is 5.14. The standard InChI is InChI=1S/C11H16N2O/c1-13-9-5-3-7-11(13)14-10-6-2-4-8-12-10/h2,4,6,8,11H,3,5,7,9H2,1H3. The zero-order valence-corrected chi connectivity index (χ0v) is 8.52. The van der Waals surface area contributed by atoms with Crippen molar-refractivity contribution in [2.75, 3.05) is 13.6 Å². The summed E-state index contributed by atoms with van der Waals surface area (Å²) in [6, 6.07) is 5.76. The van der Waals surface area contributed by atoms with Gasteiger partial charge in [0.05, 0.1) is 0 Å². The zero-order chi connectivity index (χ0) is 9.80. The molecule has 3 nitrogen and oxygen atoms in total. The minimum atomic E-state index is 0.207. The van der Waals surface area contributed by atoms with E-state index in [-0.39, 0.29) is 6.23 Å². The van der Waals surface area contributed by atoms with Crippen molar-refractivity contribution in [2.45, 2.75) is 25.5 Å². The highest BCUT2D eigenvalue weighted by atomic mass is 16.5. The van der Waals surface area contributed by atoms with Gasteiger partial charge in [0.15, 0.2) is 6.23 Å². The molecule has 1 aliphatic heterocycles. The number of pyridine rings is 1. The predicted octanol–water partition coefficient (Wildman–Crippen LogP) is 1.90. The highest BCUT2D eigenvalue weighted by molar-refractivity contribution is 5.09. The van der Waals surface area contributed by atoms with E-state index >= 15 is 0 Å². The van der Waals surface area contributed by atoms with Crippen LogP contribution >= 0.6 is 0 Å². The third-order valence-electron chi connectivity index (χ3n) is 2.60. The van der Waals surface area contributed by atoms with E-state index < -0.39 is 0 Å². The summed E-state index contributed by atoms with van der Waals surface area (Å²) in [4.78, 5) is 6.41. The van der Waals surface area contributed by atoms with Gasteiger partial charge in [0.25, 0.3) is 0 Å². The Hall–Kier alpha value is -1.09. The lowest BCUT2D eigenvalue weighted by atomic mass is 10.1. The quantitative estimate of drug-likeness (QED) is 0.715. The van der Waals surface area contributed by atoms with E-state index in [0.717, 1.165) is 18.8 Å². The van der Waals surface area contributed by atoms with Gasteiger partial charge in [0.2, 0.25) is 5.88 Å². The van der Waals surface area contributed by atoms with Gasteiger partial charge in [-0.15, -0.1) is 0 Å². The van der Waals surface area contributed by atoms with Crippen LogP contribution < -0.4 is 4.74 Å². The molecule has 1 atom stereocenters. The molecule has 1 aromatic heterocycles. The zero-order valence-electron chi connectivity index (χ0n) is 8.52. The summed E-state index contributed by atoms with van der Waals surface area (Å²) in [5.41, 5.74) is 0. The van der Waals surface area contributed by atoms with Crippen molar-refractivity contribution in [3.8, 4) is 5.88 Å². The molecule has 0 radical (unpaired) electrons. The van der Waals surface area contributed by atoms with E-state index in [2.05, 4.69) is 16.9 Å². The van der Waals surface area contributed by atoms with E-state index in [1.165, 1.54) is 12.8 Å². The molecule has 14 heavy (non-hydrogen) atoms. The summed E-state index contributed by atoms with van der Waals surface area (Å²) in [6.07, 6.45) is 5.60. The highest BCUT2D eigenvalue weighted by Gasteiger charge is 2.20. The lowest BCUT2D eigenvalue weighted by Crippen LogP contribution is -2.40. The fourth-order valence-electron chi connectivity index (χ4n) is 1.75. The number of hydrogen-bond donors (Lipinski definition) is 0. The Morgan fingerprint density at radius 1 is 1.43 bits per heavy atom. The molecule has 2 rings (SSSR count). The molecule has 0 saturated carbocycles. The third-order valence-corrected chi connectivity index (χ3v) is 2.60. The Morgan fingerprint density at radius 3 is 3.07 bits per heavy atom. The molecular formula is C11H16N2O. The summed E-state index contributed by atoms with van der Waals surface area (Å²) >= 11 is 0. The number of aromatic nitrogens is 1. The van der Waals surface area contributed by atoms with Gasteiger partial charge in [-0.3, -0.25) is 4.90 Å². The maximum atomic E-state index is 5.78. The van der Waals surface area contributed by atoms with Crippen LogP contribution in [0.15, 0.2) is 24.4 Å². The number of ether oxygens (including phenoxy) is 1. The van der Waals surface area contributed by atoms with Crippen LogP contribution in [0, 0.1) is 0 Å². The van der Waals surface area contributed by atoms with Gasteiger partial charge in [-0.2, -0.15) is 0 Å². The van der Waals surface area contributed by atoms with Crippen LogP contribution in [0.3, 0.4) is 0 Å². The number of hydrogen-bond acceptors (Lipinski definition) is 3. The Morgan fingerprint density at radius 2 is 2.36 bits per heavy atom. The van der Waals surface area contributed by atoms with Crippen molar-refractivity contribution < 1.29 is 4.74 Å². The first kappa shape index (κ1) is 9.46. The molecule has 1 aliphatic rings. The molecule has 0 aliphatic carbocycles. The summed E-state index contributed by atoms with van der Waals surface area (Å²) < 4.78 is 5.78. The Labute approximate surface area is 84.7 Å². The van der Waals surface area contributed by atoms with E-state index in [1.54, 1.807) is 6.20 Å². The lowest BCUT2D eigenvalue weighted by Gasteiger charge is -2.31. The van der Waals surface area contributed by atoms with Gasteiger partial charge in [-0.25, -0.2) is 4.98 Å². The van der Waals surface area contributed by atoms with E-state index in [9.17, 15) is 0 Å². The summed E-state index contributed by atoms with van der Waals surface area (Å²) in [7, 11) is 2.10. The number of likely N-dealkylation sites (tertiary alicyclic amines) is 1. The molecule has 1 fully saturated rings. The number of piperidine rings is 1. The van der Waals surface area contributed by atoms with Crippen molar-refractivity contribution >= 4 is 0 Å². The molecule has 76 valence electrons. The van der Waals surface area contributed by atoms with Gasteiger partial charge >= 0.3 is 0 Å². The monoisotopic (exact) mass is 192 g/mol. The first-order chi connectivity index (χ1) is 6.86. The fourth-order valence-corrected chi connectivity index (χ4v) is 1.75. The summed E-state index contributed by atoms with van der Waals surface area (Å²) in [5, 5.41) is 0. The number of rotatable bonds is 2. The Bertz CT molecular complexity index is 276. The second kappa shape index (κ2) is 4.42. The average Bonchev–Trinajstić information content (AvgIpc) is 2.23. The van der Waals surface area contributed by atoms with Crippen LogP contribution in [0.5, 0.6) is 5.88 Å². The normalized spacial score (nSPS) is 23.4. The first-order valence-electron chi connectivity index (χ1n) is 5.14. The van der Waals surface area contributed by atoms with E-state index in [4.69, 9.17) is 4.74 Å². The highest BCUT2D eigenvalue weighted by Crippen LogP contribution is 2.18. The van der Waals surface area contributed by atoms with E-state index in [1.807, 2.05) is 18.2 Å². The SMILES string of the molecule is CN1CCCCC1Oc1ccccn1. The van der Waals surface area contributed by atoms with Crippen molar-refractivity contribution in [3.63, 3.8) is 0 Å². The van der Waals surface area contributed by atoms with Gasteiger partial charge < -0.3 is 4.74 Å².